The molecule has 0 aliphatic heterocycles. The molecule has 0 spiro atoms. The lowest BCUT2D eigenvalue weighted by Crippen LogP contribution is -2.43. The number of H-pyrrole nitrogens is 1. The maximum absolute atomic E-state index is 12.6. The van der Waals surface area contributed by atoms with Crippen LogP contribution in [0.25, 0.3) is 0 Å². The number of aryl methyl sites for hydroxylation is 1. The van der Waals surface area contributed by atoms with E-state index >= 15 is 0 Å². The normalized spacial score (nSPS) is 10.7. The molecule has 0 aliphatic carbocycles. The maximum Gasteiger partial charge on any atom is 0.330 e. The van der Waals surface area contributed by atoms with E-state index in [2.05, 4.69) is 17.2 Å². The number of nitrogens with two attached hydrogens (primary N) is 1. The Kier molecular flexibility index (Phi) is 7.80. The van der Waals surface area contributed by atoms with Crippen LogP contribution in [0, 0.1) is 0 Å². The van der Waals surface area contributed by atoms with Gasteiger partial charge in [0.15, 0.2) is 10.8 Å². The van der Waals surface area contributed by atoms with Gasteiger partial charge in [0.05, 0.1) is 0 Å². The number of hydrogen-bond acceptors (Lipinski definition) is 4. The van der Waals surface area contributed by atoms with Crippen molar-refractivity contribution in [1.82, 2.24) is 9.55 Å². The molecule has 0 atom stereocenters. The third-order valence-electron chi connectivity index (χ3n) is 4.50. The van der Waals surface area contributed by atoms with Crippen molar-refractivity contribution >= 4 is 34.5 Å². The van der Waals surface area contributed by atoms with Crippen LogP contribution in [0.5, 0.6) is 0 Å². The smallest absolute Gasteiger partial charge is 0.330 e. The van der Waals surface area contributed by atoms with Crippen LogP contribution in [0.2, 0.25) is 0 Å². The van der Waals surface area contributed by atoms with Crippen molar-refractivity contribution in [3.05, 3.63) is 50.7 Å². The number of nitrogens with one attached hydrogen (secondary N) is 2. The molecule has 0 aliphatic rings. The standard InChI is InChI=1S/C20H29N5O2S/c1-4-7-12-25-17(21)16(18(26)23-19(25)27)24(11-5-2)20(28)22-15-10-8-9-14(6-3)13-15/h8-10,13H,4-7,11-12,21H2,1-3H3,(H,22,28)(H,23,26,27). The zero-order chi connectivity index (χ0) is 20.7. The summed E-state index contributed by atoms with van der Waals surface area (Å²) in [5, 5.41) is 3.56. The average Bonchev–Trinajstić information content (AvgIpc) is 2.67. The van der Waals surface area contributed by atoms with Gasteiger partial charge in [-0.1, -0.05) is 39.3 Å². The first-order chi connectivity index (χ1) is 13.4. The summed E-state index contributed by atoms with van der Waals surface area (Å²) in [4.78, 5) is 28.8. The van der Waals surface area contributed by atoms with Crippen molar-refractivity contribution in [2.75, 3.05) is 22.5 Å². The molecule has 0 unspecified atom stereocenters. The summed E-state index contributed by atoms with van der Waals surface area (Å²) in [6.45, 7) is 7.05. The molecule has 0 fully saturated rings. The van der Waals surface area contributed by atoms with Crippen molar-refractivity contribution in [2.24, 2.45) is 0 Å². The lowest BCUT2D eigenvalue weighted by atomic mass is 10.1. The Morgan fingerprint density at radius 2 is 2.00 bits per heavy atom. The highest BCUT2D eigenvalue weighted by Crippen LogP contribution is 2.20. The number of benzene rings is 1. The topological polar surface area (TPSA) is 96.2 Å². The fourth-order valence-corrected chi connectivity index (χ4v) is 3.28. The monoisotopic (exact) mass is 403 g/mol. The Morgan fingerprint density at radius 1 is 1.25 bits per heavy atom. The first-order valence-electron chi connectivity index (χ1n) is 9.72. The quantitative estimate of drug-likeness (QED) is 0.586. The first kappa shape index (κ1) is 21.7. The molecule has 8 heteroatoms. The number of nitrogen functional groups attached to an aromatic ring is 1. The van der Waals surface area contributed by atoms with Crippen LogP contribution in [0.15, 0.2) is 33.9 Å². The lowest BCUT2D eigenvalue weighted by molar-refractivity contribution is 0.604. The van der Waals surface area contributed by atoms with Gasteiger partial charge in [0, 0.05) is 18.8 Å². The summed E-state index contributed by atoms with van der Waals surface area (Å²) >= 11 is 5.59. The van der Waals surface area contributed by atoms with Crippen LogP contribution in [-0.2, 0) is 13.0 Å². The molecule has 0 saturated carbocycles. The number of hydrogen-bond donors (Lipinski definition) is 3. The van der Waals surface area contributed by atoms with Gasteiger partial charge in [-0.3, -0.25) is 14.3 Å². The number of aromatic nitrogens is 2. The van der Waals surface area contributed by atoms with E-state index in [1.165, 1.54) is 10.1 Å². The van der Waals surface area contributed by atoms with Gasteiger partial charge >= 0.3 is 5.69 Å². The summed E-state index contributed by atoms with van der Waals surface area (Å²) in [6.07, 6.45) is 3.36. The van der Waals surface area contributed by atoms with Crippen molar-refractivity contribution in [3.63, 3.8) is 0 Å². The molecular weight excluding hydrogens is 374 g/mol. The molecule has 2 rings (SSSR count). The Hall–Kier alpha value is -2.61. The van der Waals surface area contributed by atoms with Crippen LogP contribution in [0.1, 0.15) is 45.6 Å². The molecule has 0 saturated heterocycles. The van der Waals surface area contributed by atoms with Crippen molar-refractivity contribution in [3.8, 4) is 0 Å². The maximum atomic E-state index is 12.6. The number of nitrogens with zero attached hydrogens (tertiary/aromatic N) is 2. The molecule has 1 heterocycles. The highest BCUT2D eigenvalue weighted by molar-refractivity contribution is 7.80. The van der Waals surface area contributed by atoms with Gasteiger partial charge in [-0.15, -0.1) is 0 Å². The van der Waals surface area contributed by atoms with E-state index in [1.807, 2.05) is 38.1 Å². The second-order valence-corrected chi connectivity index (χ2v) is 7.02. The minimum Gasteiger partial charge on any atom is -0.383 e. The van der Waals surface area contributed by atoms with Crippen molar-refractivity contribution in [1.29, 1.82) is 0 Å². The second kappa shape index (κ2) is 10.1. The molecule has 2 aromatic rings. The number of anilines is 3. The molecule has 0 radical (unpaired) electrons. The lowest BCUT2D eigenvalue weighted by Gasteiger charge is -2.27. The molecule has 1 aromatic carbocycles. The number of thiocarbonyl (C=S) groups is 1. The Morgan fingerprint density at radius 3 is 2.64 bits per heavy atom. The van der Waals surface area contributed by atoms with E-state index in [4.69, 9.17) is 18.0 Å². The molecular formula is C20H29N5O2S. The van der Waals surface area contributed by atoms with Crippen LogP contribution >= 0.6 is 12.2 Å². The van der Waals surface area contributed by atoms with E-state index in [0.717, 1.165) is 31.4 Å². The average molecular weight is 404 g/mol. The highest BCUT2D eigenvalue weighted by Gasteiger charge is 2.21. The van der Waals surface area contributed by atoms with Gasteiger partial charge in [-0.2, -0.15) is 0 Å². The summed E-state index contributed by atoms with van der Waals surface area (Å²) in [5.41, 5.74) is 7.46. The van der Waals surface area contributed by atoms with E-state index < -0.39 is 11.2 Å². The molecule has 4 N–H and O–H groups in total. The Balaban J connectivity index is 2.43. The summed E-state index contributed by atoms with van der Waals surface area (Å²) in [6, 6.07) is 7.95. The van der Waals surface area contributed by atoms with Gasteiger partial charge in [0.25, 0.3) is 5.56 Å². The zero-order valence-electron chi connectivity index (χ0n) is 16.7. The van der Waals surface area contributed by atoms with Gasteiger partial charge in [0.2, 0.25) is 0 Å². The summed E-state index contributed by atoms with van der Waals surface area (Å²) in [7, 11) is 0. The molecule has 152 valence electrons. The molecule has 7 nitrogen and oxygen atoms in total. The highest BCUT2D eigenvalue weighted by atomic mass is 32.1. The van der Waals surface area contributed by atoms with E-state index in [-0.39, 0.29) is 11.5 Å². The van der Waals surface area contributed by atoms with Crippen molar-refractivity contribution in [2.45, 2.75) is 53.0 Å². The fraction of sp³-hybridized carbons (Fsp3) is 0.450. The van der Waals surface area contributed by atoms with Gasteiger partial charge in [-0.25, -0.2) is 4.79 Å². The third kappa shape index (κ3) is 5.01. The van der Waals surface area contributed by atoms with Crippen LogP contribution in [-0.4, -0.2) is 21.2 Å². The minimum atomic E-state index is -0.532. The van der Waals surface area contributed by atoms with E-state index in [9.17, 15) is 9.59 Å². The Bertz CT molecular complexity index is 935. The van der Waals surface area contributed by atoms with Crippen LogP contribution in [0.4, 0.5) is 17.2 Å². The van der Waals surface area contributed by atoms with Gasteiger partial charge < -0.3 is 16.0 Å². The fourth-order valence-electron chi connectivity index (χ4n) is 2.97. The number of aromatic amines is 1. The number of rotatable bonds is 8. The predicted octanol–water partition coefficient (Wildman–Crippen LogP) is 3.09. The summed E-state index contributed by atoms with van der Waals surface area (Å²) in [5.74, 6) is 0.141. The SMILES string of the molecule is CCCCn1c(N)c(N(CCC)C(=S)Nc2cccc(CC)c2)c(=O)[nH]c1=O. The molecule has 0 bridgehead atoms. The van der Waals surface area contributed by atoms with Crippen molar-refractivity contribution < 1.29 is 0 Å². The third-order valence-corrected chi connectivity index (χ3v) is 4.82. The Labute approximate surface area is 170 Å². The van der Waals surface area contributed by atoms with E-state index in [0.29, 0.717) is 18.2 Å². The minimum absolute atomic E-state index is 0.141. The molecule has 0 amide bonds. The molecule has 28 heavy (non-hydrogen) atoms. The van der Waals surface area contributed by atoms with Gasteiger partial charge in [-0.05, 0) is 49.2 Å². The largest absolute Gasteiger partial charge is 0.383 e. The van der Waals surface area contributed by atoms with Crippen LogP contribution in [0.3, 0.4) is 0 Å². The number of unbranched alkanes of at least 4 members (excludes halogenated alkanes) is 1. The molecule has 1 aromatic heterocycles. The zero-order valence-corrected chi connectivity index (χ0v) is 17.6. The second-order valence-electron chi connectivity index (χ2n) is 6.63. The van der Waals surface area contributed by atoms with Crippen LogP contribution < -0.4 is 27.2 Å². The van der Waals surface area contributed by atoms with Gasteiger partial charge in [0.1, 0.15) is 5.82 Å². The first-order valence-corrected chi connectivity index (χ1v) is 10.1. The summed E-state index contributed by atoms with van der Waals surface area (Å²) < 4.78 is 1.41. The predicted molar refractivity (Wildman–Crippen MR) is 120 cm³/mol. The van der Waals surface area contributed by atoms with E-state index in [1.54, 1.807) is 4.90 Å².